The van der Waals surface area contributed by atoms with Gasteiger partial charge in [-0.1, -0.05) is 0 Å². The van der Waals surface area contributed by atoms with E-state index in [0.29, 0.717) is 20.2 Å². The van der Waals surface area contributed by atoms with Crippen LogP contribution in [0.5, 0.6) is 0 Å². The molecule has 1 aromatic heterocycles. The number of amides is 1. The summed E-state index contributed by atoms with van der Waals surface area (Å²) in [4.78, 5) is 12.6. The highest BCUT2D eigenvalue weighted by Gasteiger charge is 2.15. The van der Waals surface area contributed by atoms with Crippen molar-refractivity contribution in [1.29, 1.82) is 0 Å². The highest BCUT2D eigenvalue weighted by molar-refractivity contribution is 9.11. The van der Waals surface area contributed by atoms with Crippen molar-refractivity contribution in [3.8, 4) is 0 Å². The maximum atomic E-state index is 13.4. The van der Waals surface area contributed by atoms with E-state index >= 15 is 0 Å². The van der Waals surface area contributed by atoms with Crippen LogP contribution < -0.4 is 5.32 Å². The zero-order valence-electron chi connectivity index (χ0n) is 13.4. The number of anilines is 1. The molecule has 3 rings (SSSR count). The summed E-state index contributed by atoms with van der Waals surface area (Å²) < 4.78 is 16.4. The second-order valence-electron chi connectivity index (χ2n) is 5.70. The molecule has 0 spiro atoms. The van der Waals surface area contributed by atoms with Gasteiger partial charge in [0.25, 0.3) is 5.91 Å². The van der Waals surface area contributed by atoms with Gasteiger partial charge in [-0.05, 0) is 81.6 Å². The minimum atomic E-state index is -0.386. The highest BCUT2D eigenvalue weighted by Crippen LogP contribution is 2.33. The molecule has 0 aliphatic heterocycles. The Hall–Kier alpha value is -1.66. The minimum Gasteiger partial charge on any atom is -0.348 e. The Morgan fingerprint density at radius 1 is 1.12 bits per heavy atom. The molecule has 6 heteroatoms. The number of aromatic nitrogens is 1. The van der Waals surface area contributed by atoms with Crippen molar-refractivity contribution in [3.05, 3.63) is 61.9 Å². The average Bonchev–Trinajstić information content (AvgIpc) is 2.75. The van der Waals surface area contributed by atoms with E-state index in [1.54, 1.807) is 6.07 Å². The SMILES string of the molecule is Cc1c(C)n(C)c2ccc(C(=O)Nc3c(Br)cc(F)cc3Br)cc12. The molecule has 24 heavy (non-hydrogen) atoms. The Balaban J connectivity index is 1.99. The fourth-order valence-corrected chi connectivity index (χ4v) is 4.07. The number of carbonyl (C=O) groups excluding carboxylic acids is 1. The lowest BCUT2D eigenvalue weighted by Gasteiger charge is -2.10. The topological polar surface area (TPSA) is 34.0 Å². The lowest BCUT2D eigenvalue weighted by atomic mass is 10.1. The standard InChI is InChI=1S/C18H15Br2FN2O/c1-9-10(2)23(3)16-5-4-11(6-13(9)16)18(24)22-17-14(19)7-12(21)8-15(17)20/h4-8H,1-3H3,(H,22,24). The Bertz CT molecular complexity index is 956. The first-order valence-electron chi connectivity index (χ1n) is 7.31. The first-order chi connectivity index (χ1) is 11.3. The Kier molecular flexibility index (Phi) is 4.53. The summed E-state index contributed by atoms with van der Waals surface area (Å²) >= 11 is 6.55. The van der Waals surface area contributed by atoms with Crippen LogP contribution in [0.1, 0.15) is 21.6 Å². The number of benzene rings is 2. The molecule has 124 valence electrons. The molecule has 3 aromatic rings. The van der Waals surface area contributed by atoms with Crippen molar-refractivity contribution in [1.82, 2.24) is 4.57 Å². The summed E-state index contributed by atoms with van der Waals surface area (Å²) in [7, 11) is 2.01. The highest BCUT2D eigenvalue weighted by atomic mass is 79.9. The van der Waals surface area contributed by atoms with E-state index in [9.17, 15) is 9.18 Å². The predicted molar refractivity (Wildman–Crippen MR) is 102 cm³/mol. The van der Waals surface area contributed by atoms with Crippen LogP contribution in [0.25, 0.3) is 10.9 Å². The summed E-state index contributed by atoms with van der Waals surface area (Å²) in [5.74, 6) is -0.630. The first kappa shape index (κ1) is 17.2. The van der Waals surface area contributed by atoms with Gasteiger partial charge in [-0.2, -0.15) is 0 Å². The molecule has 1 N–H and O–H groups in total. The molecule has 0 aliphatic carbocycles. The summed E-state index contributed by atoms with van der Waals surface area (Å²) in [6, 6.07) is 8.25. The number of aryl methyl sites for hydroxylation is 2. The third kappa shape index (κ3) is 2.89. The molecule has 0 saturated carbocycles. The molecule has 0 saturated heterocycles. The van der Waals surface area contributed by atoms with Crippen LogP contribution in [0.15, 0.2) is 39.3 Å². The quantitative estimate of drug-likeness (QED) is 0.529. The van der Waals surface area contributed by atoms with E-state index in [0.717, 1.165) is 16.5 Å². The number of carbonyl (C=O) groups is 1. The number of hydrogen-bond acceptors (Lipinski definition) is 1. The zero-order valence-corrected chi connectivity index (χ0v) is 16.5. The van der Waals surface area contributed by atoms with Crippen LogP contribution in [-0.4, -0.2) is 10.5 Å². The Labute approximate surface area is 156 Å². The second-order valence-corrected chi connectivity index (χ2v) is 7.41. The van der Waals surface area contributed by atoms with Crippen LogP contribution in [0.2, 0.25) is 0 Å². The number of hydrogen-bond donors (Lipinski definition) is 1. The third-order valence-corrected chi connectivity index (χ3v) is 5.57. The van der Waals surface area contributed by atoms with Gasteiger partial charge in [0.1, 0.15) is 5.82 Å². The lowest BCUT2D eigenvalue weighted by Crippen LogP contribution is -2.13. The van der Waals surface area contributed by atoms with Gasteiger partial charge in [0.05, 0.1) is 5.69 Å². The van der Waals surface area contributed by atoms with E-state index in [4.69, 9.17) is 0 Å². The van der Waals surface area contributed by atoms with Crippen molar-refractivity contribution in [2.24, 2.45) is 7.05 Å². The maximum absolute atomic E-state index is 13.4. The van der Waals surface area contributed by atoms with E-state index in [-0.39, 0.29) is 11.7 Å². The number of nitrogens with one attached hydrogen (secondary N) is 1. The summed E-state index contributed by atoms with van der Waals surface area (Å²) in [5.41, 5.74) is 4.48. The van der Waals surface area contributed by atoms with Gasteiger partial charge in [-0.3, -0.25) is 4.79 Å². The third-order valence-electron chi connectivity index (χ3n) is 4.32. The van der Waals surface area contributed by atoms with Crippen LogP contribution in [0.4, 0.5) is 10.1 Å². The van der Waals surface area contributed by atoms with Crippen molar-refractivity contribution in [3.63, 3.8) is 0 Å². The largest absolute Gasteiger partial charge is 0.348 e. The maximum Gasteiger partial charge on any atom is 0.255 e. The Morgan fingerprint density at radius 2 is 1.75 bits per heavy atom. The average molecular weight is 454 g/mol. The number of halogens is 3. The second kappa shape index (κ2) is 6.33. The van der Waals surface area contributed by atoms with Gasteiger partial charge in [0.2, 0.25) is 0 Å². The molecule has 0 radical (unpaired) electrons. The predicted octanol–water partition coefficient (Wildman–Crippen LogP) is 5.71. The van der Waals surface area contributed by atoms with Crippen LogP contribution in [-0.2, 0) is 7.05 Å². The minimum absolute atomic E-state index is 0.245. The normalized spacial score (nSPS) is 11.1. The molecular formula is C18H15Br2FN2O. The molecule has 0 bridgehead atoms. The number of rotatable bonds is 2. The zero-order chi connectivity index (χ0) is 17.6. The molecule has 0 atom stereocenters. The number of nitrogens with zero attached hydrogens (tertiary/aromatic N) is 1. The monoisotopic (exact) mass is 452 g/mol. The molecule has 0 aliphatic rings. The molecular weight excluding hydrogens is 439 g/mol. The fraction of sp³-hybridized carbons (Fsp3) is 0.167. The molecule has 1 amide bonds. The number of fused-ring (bicyclic) bond motifs is 1. The molecule has 2 aromatic carbocycles. The van der Waals surface area contributed by atoms with E-state index in [2.05, 4.69) is 48.7 Å². The van der Waals surface area contributed by atoms with Gasteiger partial charge in [-0.15, -0.1) is 0 Å². The van der Waals surface area contributed by atoms with Crippen molar-refractivity contribution in [2.75, 3.05) is 5.32 Å². The Morgan fingerprint density at radius 3 is 2.38 bits per heavy atom. The molecule has 3 nitrogen and oxygen atoms in total. The van der Waals surface area contributed by atoms with Gasteiger partial charge < -0.3 is 9.88 Å². The molecule has 0 unspecified atom stereocenters. The van der Waals surface area contributed by atoms with Crippen LogP contribution >= 0.6 is 31.9 Å². The van der Waals surface area contributed by atoms with Gasteiger partial charge in [-0.25, -0.2) is 4.39 Å². The van der Waals surface area contributed by atoms with Crippen molar-refractivity contribution in [2.45, 2.75) is 13.8 Å². The molecule has 0 fully saturated rings. The molecule has 1 heterocycles. The van der Waals surface area contributed by atoms with Crippen LogP contribution in [0, 0.1) is 19.7 Å². The van der Waals surface area contributed by atoms with E-state index in [1.807, 2.05) is 26.1 Å². The van der Waals surface area contributed by atoms with Crippen LogP contribution in [0.3, 0.4) is 0 Å². The smallest absolute Gasteiger partial charge is 0.255 e. The van der Waals surface area contributed by atoms with E-state index in [1.165, 1.54) is 17.8 Å². The summed E-state index contributed by atoms with van der Waals surface area (Å²) in [6.45, 7) is 4.11. The van der Waals surface area contributed by atoms with E-state index < -0.39 is 0 Å². The fourth-order valence-electron chi connectivity index (χ4n) is 2.74. The van der Waals surface area contributed by atoms with Crippen molar-refractivity contribution < 1.29 is 9.18 Å². The summed E-state index contributed by atoms with van der Waals surface area (Å²) in [6.07, 6.45) is 0. The van der Waals surface area contributed by atoms with Gasteiger partial charge in [0, 0.05) is 38.2 Å². The summed E-state index contributed by atoms with van der Waals surface area (Å²) in [5, 5.41) is 3.88. The lowest BCUT2D eigenvalue weighted by molar-refractivity contribution is 0.102. The first-order valence-corrected chi connectivity index (χ1v) is 8.89. The van der Waals surface area contributed by atoms with Gasteiger partial charge >= 0.3 is 0 Å². The van der Waals surface area contributed by atoms with Crippen molar-refractivity contribution >= 4 is 54.4 Å². The van der Waals surface area contributed by atoms with Gasteiger partial charge in [0.15, 0.2) is 0 Å².